The van der Waals surface area contributed by atoms with Crippen molar-refractivity contribution in [2.75, 3.05) is 11.9 Å². The van der Waals surface area contributed by atoms with Crippen molar-refractivity contribution in [1.82, 2.24) is 4.90 Å². The van der Waals surface area contributed by atoms with Crippen molar-refractivity contribution in [1.29, 1.82) is 0 Å². The van der Waals surface area contributed by atoms with Gasteiger partial charge in [-0.05, 0) is 75.7 Å². The predicted octanol–water partition coefficient (Wildman–Crippen LogP) is 6.39. The fourth-order valence-corrected chi connectivity index (χ4v) is 4.58. The number of ether oxygens (including phenoxy) is 1. The quantitative estimate of drug-likeness (QED) is 0.168. The maximum atomic E-state index is 12.8. The summed E-state index contributed by atoms with van der Waals surface area (Å²) < 4.78 is 6.16. The average Bonchev–Trinajstić information content (AvgIpc) is 3.14. The second-order valence-electron chi connectivity index (χ2n) is 7.78. The van der Waals surface area contributed by atoms with Gasteiger partial charge in [-0.15, -0.1) is 0 Å². The van der Waals surface area contributed by atoms with Gasteiger partial charge in [-0.25, -0.2) is 0 Å². The van der Waals surface area contributed by atoms with Gasteiger partial charge in [-0.2, -0.15) is 0 Å². The molecule has 0 spiro atoms. The van der Waals surface area contributed by atoms with Crippen molar-refractivity contribution >= 4 is 79.5 Å². The number of thioether (sulfide) groups is 1. The lowest BCUT2D eigenvalue weighted by molar-refractivity contribution is -0.394. The van der Waals surface area contributed by atoms with Gasteiger partial charge < -0.3 is 10.1 Å². The molecular formula is C24H14BrClN4O8S. The number of imide groups is 1. The number of non-ortho nitro benzene ring substituents is 1. The molecule has 3 aromatic carbocycles. The van der Waals surface area contributed by atoms with Gasteiger partial charge in [0.05, 0.1) is 25.8 Å². The van der Waals surface area contributed by atoms with Gasteiger partial charge >= 0.3 is 5.69 Å². The molecule has 0 radical (unpaired) electrons. The molecular weight excluding hydrogens is 620 g/mol. The molecule has 0 unspecified atom stereocenters. The fourth-order valence-electron chi connectivity index (χ4n) is 3.31. The summed E-state index contributed by atoms with van der Waals surface area (Å²) in [7, 11) is 0. The Morgan fingerprint density at radius 2 is 1.77 bits per heavy atom. The minimum Gasteiger partial charge on any atom is -0.450 e. The van der Waals surface area contributed by atoms with Gasteiger partial charge in [0.1, 0.15) is 12.3 Å². The third-order valence-corrected chi connectivity index (χ3v) is 7.27. The molecule has 0 aliphatic carbocycles. The van der Waals surface area contributed by atoms with Crippen LogP contribution < -0.4 is 10.1 Å². The van der Waals surface area contributed by atoms with E-state index in [0.717, 1.165) is 23.1 Å². The molecule has 1 heterocycles. The van der Waals surface area contributed by atoms with Crippen LogP contribution >= 0.6 is 39.3 Å². The Hall–Kier alpha value is -4.27. The number of halogens is 2. The summed E-state index contributed by atoms with van der Waals surface area (Å²) in [5, 5.41) is 24.5. The summed E-state index contributed by atoms with van der Waals surface area (Å²) >= 11 is 9.93. The van der Waals surface area contributed by atoms with E-state index in [4.69, 9.17) is 16.3 Å². The van der Waals surface area contributed by atoms with Crippen LogP contribution in [0.2, 0.25) is 5.02 Å². The minimum absolute atomic E-state index is 0.0964. The van der Waals surface area contributed by atoms with E-state index in [1.807, 2.05) is 0 Å². The molecule has 39 heavy (non-hydrogen) atoms. The lowest BCUT2D eigenvalue weighted by Crippen LogP contribution is -2.36. The van der Waals surface area contributed by atoms with E-state index in [-0.39, 0.29) is 16.4 Å². The largest absolute Gasteiger partial charge is 0.450 e. The van der Waals surface area contributed by atoms with E-state index < -0.39 is 44.8 Å². The number of nitrogens with zero attached hydrogens (tertiary/aromatic N) is 3. The Balaban J connectivity index is 1.43. The molecule has 4 rings (SSSR count). The molecule has 1 fully saturated rings. The highest BCUT2D eigenvalue weighted by molar-refractivity contribution is 9.10. The molecule has 1 N–H and O–H groups in total. The van der Waals surface area contributed by atoms with Crippen molar-refractivity contribution in [2.45, 2.75) is 0 Å². The summed E-state index contributed by atoms with van der Waals surface area (Å²) in [6, 6.07) is 13.8. The summed E-state index contributed by atoms with van der Waals surface area (Å²) in [6.07, 6.45) is 1.45. The molecule has 3 amide bonds. The van der Waals surface area contributed by atoms with Gasteiger partial charge in [0.25, 0.3) is 16.8 Å². The smallest absolute Gasteiger partial charge is 0.318 e. The van der Waals surface area contributed by atoms with Gasteiger partial charge in [0.2, 0.25) is 11.7 Å². The Morgan fingerprint density at radius 3 is 2.41 bits per heavy atom. The zero-order valence-electron chi connectivity index (χ0n) is 19.3. The normalized spacial score (nSPS) is 14.0. The van der Waals surface area contributed by atoms with Crippen LogP contribution in [-0.2, 0) is 9.59 Å². The van der Waals surface area contributed by atoms with Crippen LogP contribution in [0.25, 0.3) is 6.08 Å². The summed E-state index contributed by atoms with van der Waals surface area (Å²) in [5.41, 5.74) is -0.111. The van der Waals surface area contributed by atoms with E-state index in [0.29, 0.717) is 32.5 Å². The van der Waals surface area contributed by atoms with E-state index in [1.165, 1.54) is 24.3 Å². The minimum atomic E-state index is -0.791. The Morgan fingerprint density at radius 1 is 1.05 bits per heavy atom. The molecule has 15 heteroatoms. The number of nitro benzene ring substituents is 2. The van der Waals surface area contributed by atoms with Crippen molar-refractivity contribution < 1.29 is 29.0 Å². The molecule has 1 saturated heterocycles. The summed E-state index contributed by atoms with van der Waals surface area (Å²) in [4.78, 5) is 59.1. The number of nitrogens with one attached hydrogen (secondary N) is 1. The number of anilines is 1. The second kappa shape index (κ2) is 11.6. The zero-order chi connectivity index (χ0) is 28.3. The van der Waals surface area contributed by atoms with E-state index in [1.54, 1.807) is 24.3 Å². The lowest BCUT2D eigenvalue weighted by atomic mass is 10.2. The number of nitro groups is 2. The molecule has 1 aliphatic rings. The second-order valence-corrected chi connectivity index (χ2v) is 10.0. The van der Waals surface area contributed by atoms with Crippen LogP contribution in [0.4, 0.5) is 21.9 Å². The lowest BCUT2D eigenvalue weighted by Gasteiger charge is -2.12. The number of carbonyl (C=O) groups is 3. The number of rotatable bonds is 8. The number of benzene rings is 3. The molecule has 0 atom stereocenters. The molecule has 0 bridgehead atoms. The molecule has 1 aliphatic heterocycles. The maximum absolute atomic E-state index is 12.8. The van der Waals surface area contributed by atoms with Gasteiger partial charge in [-0.3, -0.25) is 39.5 Å². The van der Waals surface area contributed by atoms with Crippen LogP contribution in [0.15, 0.2) is 70.0 Å². The summed E-state index contributed by atoms with van der Waals surface area (Å²) in [6.45, 7) is -0.490. The highest BCUT2D eigenvalue weighted by Crippen LogP contribution is 2.36. The molecule has 12 nitrogen and oxygen atoms in total. The number of carbonyl (C=O) groups excluding carboxylic acids is 3. The zero-order valence-corrected chi connectivity index (χ0v) is 22.5. The fraction of sp³-hybridized carbons (Fsp3) is 0.0417. The standard InChI is InChI=1S/C24H14BrClN4O8S/c25-17-7-3-14(10-18(17)26)27-22(31)12-28-23(32)21(39-24(28)33)9-13-1-5-16(6-2-13)38-20-8-4-15(29(34)35)11-19(20)30(36)37/h1-11H,12H2,(H,27,31)/b21-9+. The average molecular weight is 634 g/mol. The highest BCUT2D eigenvalue weighted by Gasteiger charge is 2.36. The van der Waals surface area contributed by atoms with Crippen molar-refractivity contribution in [2.24, 2.45) is 0 Å². The van der Waals surface area contributed by atoms with Crippen LogP contribution in [0.3, 0.4) is 0 Å². The van der Waals surface area contributed by atoms with Crippen molar-refractivity contribution in [3.05, 3.63) is 101 Å². The van der Waals surface area contributed by atoms with Crippen LogP contribution in [0, 0.1) is 20.2 Å². The van der Waals surface area contributed by atoms with Crippen LogP contribution in [-0.4, -0.2) is 38.3 Å². The monoisotopic (exact) mass is 632 g/mol. The Bertz CT molecular complexity index is 1560. The molecule has 0 saturated carbocycles. The topological polar surface area (TPSA) is 162 Å². The van der Waals surface area contributed by atoms with Crippen molar-refractivity contribution in [3.63, 3.8) is 0 Å². The first kappa shape index (κ1) is 27.8. The van der Waals surface area contributed by atoms with Gasteiger partial charge in [-0.1, -0.05) is 23.7 Å². The predicted molar refractivity (Wildman–Crippen MR) is 147 cm³/mol. The van der Waals surface area contributed by atoms with Gasteiger partial charge in [0, 0.05) is 16.2 Å². The van der Waals surface area contributed by atoms with Crippen LogP contribution in [0.5, 0.6) is 11.5 Å². The number of hydrogen-bond donors (Lipinski definition) is 1. The number of amides is 3. The van der Waals surface area contributed by atoms with Crippen molar-refractivity contribution in [3.8, 4) is 11.5 Å². The molecule has 0 aromatic heterocycles. The first-order valence-electron chi connectivity index (χ1n) is 10.7. The first-order chi connectivity index (χ1) is 18.5. The highest BCUT2D eigenvalue weighted by atomic mass is 79.9. The summed E-state index contributed by atoms with van der Waals surface area (Å²) in [5.74, 6) is -1.22. The Kier molecular flexibility index (Phi) is 8.28. The van der Waals surface area contributed by atoms with E-state index in [9.17, 15) is 34.6 Å². The molecule has 198 valence electrons. The SMILES string of the molecule is O=C(CN1C(=O)S/C(=C/c2ccc(Oc3ccc([N+](=O)[O-])cc3[N+](=O)[O-])cc2)C1=O)Nc1ccc(Br)c(Cl)c1. The third-order valence-electron chi connectivity index (χ3n) is 5.13. The van der Waals surface area contributed by atoms with E-state index in [2.05, 4.69) is 21.2 Å². The Labute approximate surface area is 237 Å². The van der Waals surface area contributed by atoms with Gasteiger partial charge in [0.15, 0.2) is 0 Å². The van der Waals surface area contributed by atoms with Crippen LogP contribution in [0.1, 0.15) is 5.56 Å². The van der Waals surface area contributed by atoms with E-state index >= 15 is 0 Å². The number of hydrogen-bond acceptors (Lipinski definition) is 9. The first-order valence-corrected chi connectivity index (χ1v) is 12.7. The third kappa shape index (κ3) is 6.60. The molecule has 3 aromatic rings. The maximum Gasteiger partial charge on any atom is 0.318 e.